The van der Waals surface area contributed by atoms with Crippen molar-refractivity contribution in [2.75, 3.05) is 26.2 Å². The average Bonchev–Trinajstić information content (AvgIpc) is 3.01. The summed E-state index contributed by atoms with van der Waals surface area (Å²) >= 11 is 0. The molecule has 0 saturated carbocycles. The molecule has 2 amide bonds. The van der Waals surface area contributed by atoms with Crippen molar-refractivity contribution in [3.63, 3.8) is 0 Å². The molecule has 0 aromatic heterocycles. The van der Waals surface area contributed by atoms with Crippen molar-refractivity contribution in [2.45, 2.75) is 84.7 Å². The van der Waals surface area contributed by atoms with Crippen LogP contribution in [0, 0.1) is 0 Å². The van der Waals surface area contributed by atoms with Crippen LogP contribution in [0.15, 0.2) is 24.3 Å². The smallest absolute Gasteiger partial charge is 0.222 e. The summed E-state index contributed by atoms with van der Waals surface area (Å²) < 4.78 is 0. The molecule has 0 bridgehead atoms. The van der Waals surface area contributed by atoms with Gasteiger partial charge in [0.1, 0.15) is 0 Å². The molecule has 1 aliphatic rings. The quantitative estimate of drug-likeness (QED) is 0.547. The molecule has 0 unspecified atom stereocenters. The zero-order valence-electron chi connectivity index (χ0n) is 19.1. The van der Waals surface area contributed by atoms with E-state index in [2.05, 4.69) is 48.3 Å². The highest BCUT2D eigenvalue weighted by Gasteiger charge is 2.12. The molecule has 2 rings (SSSR count). The lowest BCUT2D eigenvalue weighted by atomic mass is 10.1. The maximum Gasteiger partial charge on any atom is 0.222 e. The van der Waals surface area contributed by atoms with Crippen LogP contribution in [-0.2, 0) is 22.7 Å². The number of carbonyl (C=O) groups excluding carboxylic acids is 2. The van der Waals surface area contributed by atoms with E-state index in [-0.39, 0.29) is 11.8 Å². The molecule has 5 nitrogen and oxygen atoms in total. The lowest BCUT2D eigenvalue weighted by Gasteiger charge is -2.21. The van der Waals surface area contributed by atoms with Crippen LogP contribution < -0.4 is 5.32 Å². The monoisotopic (exact) mass is 415 g/mol. The van der Waals surface area contributed by atoms with E-state index >= 15 is 0 Å². The summed E-state index contributed by atoms with van der Waals surface area (Å²) in [5.41, 5.74) is 2.46. The fourth-order valence-corrected chi connectivity index (χ4v) is 4.06. The van der Waals surface area contributed by atoms with Crippen LogP contribution in [0.3, 0.4) is 0 Å². The molecular weight excluding hydrogens is 374 g/mol. The van der Waals surface area contributed by atoms with Crippen LogP contribution >= 0.6 is 0 Å². The number of rotatable bonds is 12. The van der Waals surface area contributed by atoms with Gasteiger partial charge in [0.15, 0.2) is 0 Å². The van der Waals surface area contributed by atoms with Crippen LogP contribution in [0.5, 0.6) is 0 Å². The van der Waals surface area contributed by atoms with E-state index in [1.165, 1.54) is 44.3 Å². The first kappa shape index (κ1) is 24.4. The molecule has 1 aromatic rings. The van der Waals surface area contributed by atoms with Crippen molar-refractivity contribution in [1.29, 1.82) is 0 Å². The highest BCUT2D eigenvalue weighted by Crippen LogP contribution is 2.14. The topological polar surface area (TPSA) is 52.7 Å². The van der Waals surface area contributed by atoms with E-state index in [0.29, 0.717) is 25.8 Å². The number of amides is 2. The third kappa shape index (κ3) is 9.29. The Balaban J connectivity index is 1.66. The van der Waals surface area contributed by atoms with Crippen molar-refractivity contribution in [3.05, 3.63) is 35.4 Å². The van der Waals surface area contributed by atoms with E-state index in [1.807, 2.05) is 4.90 Å². The van der Waals surface area contributed by atoms with E-state index < -0.39 is 0 Å². The number of likely N-dealkylation sites (tertiary alicyclic amines) is 1. The SMILES string of the molecule is CCCN(CCC)C(=O)CCCC(=O)NCc1ccc(CN2CCCCCC2)cc1. The number of nitrogens with zero attached hydrogens (tertiary/aromatic N) is 2. The largest absolute Gasteiger partial charge is 0.352 e. The van der Waals surface area contributed by atoms with Gasteiger partial charge in [0.05, 0.1) is 0 Å². The maximum atomic E-state index is 12.3. The first-order valence-electron chi connectivity index (χ1n) is 12.0. The van der Waals surface area contributed by atoms with Gasteiger partial charge >= 0.3 is 0 Å². The van der Waals surface area contributed by atoms with E-state index in [1.54, 1.807) is 0 Å². The summed E-state index contributed by atoms with van der Waals surface area (Å²) in [6.45, 7) is 9.78. The number of benzene rings is 1. The maximum absolute atomic E-state index is 12.3. The Morgan fingerprint density at radius 3 is 2.10 bits per heavy atom. The van der Waals surface area contributed by atoms with E-state index in [0.717, 1.165) is 38.0 Å². The van der Waals surface area contributed by atoms with Gasteiger partial charge in [-0.3, -0.25) is 14.5 Å². The van der Waals surface area contributed by atoms with E-state index in [9.17, 15) is 9.59 Å². The van der Waals surface area contributed by atoms with Gasteiger partial charge in [-0.25, -0.2) is 0 Å². The Morgan fingerprint density at radius 2 is 1.50 bits per heavy atom. The molecule has 0 aliphatic carbocycles. The van der Waals surface area contributed by atoms with Crippen LogP contribution in [0.1, 0.15) is 82.8 Å². The molecule has 1 aliphatic heterocycles. The number of nitrogens with one attached hydrogen (secondary N) is 1. The standard InChI is InChI=1S/C25H41N3O2/c1-3-16-28(17-4-2)25(30)11-9-10-24(29)26-20-22-12-14-23(15-13-22)21-27-18-7-5-6-8-19-27/h12-15H,3-11,16-21H2,1-2H3,(H,26,29). The van der Waals surface area contributed by atoms with Crippen molar-refractivity contribution in [1.82, 2.24) is 15.1 Å². The van der Waals surface area contributed by atoms with Crippen molar-refractivity contribution >= 4 is 11.8 Å². The third-order valence-corrected chi connectivity index (χ3v) is 5.75. The van der Waals surface area contributed by atoms with Crippen molar-refractivity contribution < 1.29 is 9.59 Å². The normalized spacial score (nSPS) is 14.9. The minimum absolute atomic E-state index is 0.0222. The Kier molecular flexibility index (Phi) is 11.5. The molecule has 0 spiro atoms. The summed E-state index contributed by atoms with van der Waals surface area (Å²) in [6, 6.07) is 8.59. The zero-order chi connectivity index (χ0) is 21.6. The molecule has 5 heteroatoms. The Labute approximate surface area is 183 Å². The van der Waals surface area contributed by atoms with Gasteiger partial charge < -0.3 is 10.2 Å². The van der Waals surface area contributed by atoms with Crippen LogP contribution in [0.4, 0.5) is 0 Å². The summed E-state index contributed by atoms with van der Waals surface area (Å²) in [7, 11) is 0. The van der Waals surface area contributed by atoms with Gasteiger partial charge in [-0.2, -0.15) is 0 Å². The number of carbonyl (C=O) groups is 2. The molecular formula is C25H41N3O2. The van der Waals surface area contributed by atoms with Crippen LogP contribution in [0.2, 0.25) is 0 Å². The van der Waals surface area contributed by atoms with Gasteiger partial charge in [-0.1, -0.05) is 51.0 Å². The van der Waals surface area contributed by atoms with Gasteiger partial charge in [0.2, 0.25) is 11.8 Å². The molecule has 1 aromatic carbocycles. The summed E-state index contributed by atoms with van der Waals surface area (Å²) in [5, 5.41) is 2.99. The van der Waals surface area contributed by atoms with Crippen LogP contribution in [0.25, 0.3) is 0 Å². The summed E-state index contributed by atoms with van der Waals surface area (Å²) in [5.74, 6) is 0.195. The summed E-state index contributed by atoms with van der Waals surface area (Å²) in [6.07, 6.45) is 8.77. The Morgan fingerprint density at radius 1 is 0.900 bits per heavy atom. The van der Waals surface area contributed by atoms with Crippen molar-refractivity contribution in [3.8, 4) is 0 Å². The van der Waals surface area contributed by atoms with Gasteiger partial charge in [0.25, 0.3) is 0 Å². The first-order chi connectivity index (χ1) is 14.6. The molecule has 0 atom stereocenters. The fourth-order valence-electron chi connectivity index (χ4n) is 4.06. The number of hydrogen-bond donors (Lipinski definition) is 1. The first-order valence-corrected chi connectivity index (χ1v) is 12.0. The predicted octanol–water partition coefficient (Wildman–Crippen LogP) is 4.50. The molecule has 168 valence electrons. The predicted molar refractivity (Wildman–Crippen MR) is 123 cm³/mol. The molecule has 0 radical (unpaired) electrons. The second kappa shape index (κ2) is 14.2. The third-order valence-electron chi connectivity index (χ3n) is 5.75. The minimum atomic E-state index is 0.0222. The second-order valence-corrected chi connectivity index (χ2v) is 8.52. The molecule has 1 saturated heterocycles. The fraction of sp³-hybridized carbons (Fsp3) is 0.680. The van der Waals surface area contributed by atoms with Gasteiger partial charge in [-0.05, 0) is 56.3 Å². The Hall–Kier alpha value is -1.88. The minimum Gasteiger partial charge on any atom is -0.352 e. The van der Waals surface area contributed by atoms with E-state index in [4.69, 9.17) is 0 Å². The highest BCUT2D eigenvalue weighted by atomic mass is 16.2. The lowest BCUT2D eigenvalue weighted by molar-refractivity contribution is -0.131. The molecule has 1 N–H and O–H groups in total. The van der Waals surface area contributed by atoms with Gasteiger partial charge in [0, 0.05) is 39.0 Å². The van der Waals surface area contributed by atoms with Crippen molar-refractivity contribution in [2.24, 2.45) is 0 Å². The lowest BCUT2D eigenvalue weighted by Crippen LogP contribution is -2.32. The summed E-state index contributed by atoms with van der Waals surface area (Å²) in [4.78, 5) is 28.9. The Bertz CT molecular complexity index is 616. The van der Waals surface area contributed by atoms with Crippen LogP contribution in [-0.4, -0.2) is 47.8 Å². The average molecular weight is 416 g/mol. The van der Waals surface area contributed by atoms with Gasteiger partial charge in [-0.15, -0.1) is 0 Å². The highest BCUT2D eigenvalue weighted by molar-refractivity contribution is 5.79. The molecule has 1 fully saturated rings. The second-order valence-electron chi connectivity index (χ2n) is 8.52. The zero-order valence-corrected chi connectivity index (χ0v) is 19.1. The molecule has 30 heavy (non-hydrogen) atoms. The number of hydrogen-bond acceptors (Lipinski definition) is 3. The molecule has 1 heterocycles.